The van der Waals surface area contributed by atoms with Gasteiger partial charge in [-0.15, -0.1) is 0 Å². The van der Waals surface area contributed by atoms with Crippen molar-refractivity contribution in [3.63, 3.8) is 0 Å². The fraction of sp³-hybridized carbons (Fsp3) is 0.520. The molecule has 6 nitrogen and oxygen atoms in total. The number of fused-ring (bicyclic) bond motifs is 4. The molecule has 2 aromatic carbocycles. The van der Waals surface area contributed by atoms with Gasteiger partial charge in [0.15, 0.2) is 11.7 Å². The van der Waals surface area contributed by atoms with E-state index in [0.717, 1.165) is 66.5 Å². The van der Waals surface area contributed by atoms with E-state index >= 15 is 0 Å². The van der Waals surface area contributed by atoms with Crippen molar-refractivity contribution in [3.8, 4) is 23.0 Å². The van der Waals surface area contributed by atoms with E-state index in [-0.39, 0.29) is 23.5 Å². The van der Waals surface area contributed by atoms with Gasteiger partial charge in [0.25, 0.3) is 0 Å². The summed E-state index contributed by atoms with van der Waals surface area (Å²) in [6, 6.07) is 7.50. The van der Waals surface area contributed by atoms with Crippen LogP contribution in [0.1, 0.15) is 42.0 Å². The second-order valence-electron chi connectivity index (χ2n) is 9.34. The monoisotopic (exact) mass is 424 g/mol. The van der Waals surface area contributed by atoms with Crippen molar-refractivity contribution in [2.45, 2.75) is 45.3 Å². The molecule has 0 saturated carbocycles. The largest absolute Gasteiger partial charge is 0.508 e. The number of benzene rings is 2. The molecule has 3 aliphatic rings. The molecule has 0 amide bonds. The molecule has 3 heterocycles. The molecular weight excluding hydrogens is 392 g/mol. The third-order valence-corrected chi connectivity index (χ3v) is 7.40. The SMILES string of the molecule is CCN1CCN(C[C@]23Oc4cc(C)c(O)cc4[C@@H](C)[C@H]2Oc2cc(C)c(O)cc23)CC1. The molecule has 1 fully saturated rings. The van der Waals surface area contributed by atoms with Crippen molar-refractivity contribution in [1.29, 1.82) is 0 Å². The van der Waals surface area contributed by atoms with Crippen LogP contribution in [-0.4, -0.2) is 65.4 Å². The summed E-state index contributed by atoms with van der Waals surface area (Å²) in [5.74, 6) is 2.15. The lowest BCUT2D eigenvalue weighted by atomic mass is 9.77. The molecule has 0 aliphatic carbocycles. The Bertz CT molecular complexity index is 1020. The van der Waals surface area contributed by atoms with Gasteiger partial charge in [-0.1, -0.05) is 13.8 Å². The van der Waals surface area contributed by atoms with Gasteiger partial charge in [-0.3, -0.25) is 4.90 Å². The highest BCUT2D eigenvalue weighted by molar-refractivity contribution is 5.57. The van der Waals surface area contributed by atoms with Gasteiger partial charge in [0.05, 0.1) is 0 Å². The normalized spacial score (nSPS) is 27.7. The van der Waals surface area contributed by atoms with Crippen LogP contribution >= 0.6 is 0 Å². The molecule has 166 valence electrons. The van der Waals surface area contributed by atoms with Crippen molar-refractivity contribution >= 4 is 0 Å². The number of aryl methyl sites for hydroxylation is 2. The fourth-order valence-corrected chi connectivity index (χ4v) is 5.40. The average Bonchev–Trinajstić information content (AvgIpc) is 3.04. The van der Waals surface area contributed by atoms with Crippen LogP contribution in [-0.2, 0) is 5.60 Å². The second-order valence-corrected chi connectivity index (χ2v) is 9.34. The van der Waals surface area contributed by atoms with Crippen molar-refractivity contribution in [3.05, 3.63) is 46.5 Å². The van der Waals surface area contributed by atoms with Crippen LogP contribution in [0.25, 0.3) is 0 Å². The highest BCUT2D eigenvalue weighted by atomic mass is 16.6. The molecule has 0 bridgehead atoms. The van der Waals surface area contributed by atoms with Gasteiger partial charge in [-0.05, 0) is 55.8 Å². The first-order chi connectivity index (χ1) is 14.8. The summed E-state index contributed by atoms with van der Waals surface area (Å²) in [4.78, 5) is 4.92. The topological polar surface area (TPSA) is 65.4 Å². The Labute approximate surface area is 184 Å². The number of nitrogens with zero attached hydrogens (tertiary/aromatic N) is 2. The van der Waals surface area contributed by atoms with Gasteiger partial charge in [0.2, 0.25) is 0 Å². The lowest BCUT2D eigenvalue weighted by Gasteiger charge is -2.46. The first-order valence-electron chi connectivity index (χ1n) is 11.3. The molecular formula is C25H32N2O4. The summed E-state index contributed by atoms with van der Waals surface area (Å²) in [6.45, 7) is 14.0. The molecule has 31 heavy (non-hydrogen) atoms. The minimum Gasteiger partial charge on any atom is -0.508 e. The zero-order chi connectivity index (χ0) is 21.9. The molecule has 1 saturated heterocycles. The van der Waals surface area contributed by atoms with E-state index in [1.54, 1.807) is 0 Å². The highest BCUT2D eigenvalue weighted by Gasteiger charge is 2.58. The minimum atomic E-state index is -0.704. The zero-order valence-electron chi connectivity index (χ0n) is 18.8. The number of piperazine rings is 1. The quantitative estimate of drug-likeness (QED) is 0.786. The molecule has 6 heteroatoms. The summed E-state index contributed by atoms with van der Waals surface area (Å²) in [5, 5.41) is 20.8. The number of phenolic OH excluding ortho intramolecular Hbond substituents is 2. The van der Waals surface area contributed by atoms with Crippen LogP contribution in [0, 0.1) is 13.8 Å². The van der Waals surface area contributed by atoms with E-state index in [1.165, 1.54) is 0 Å². The number of ether oxygens (including phenoxy) is 2. The highest BCUT2D eigenvalue weighted by Crippen LogP contribution is 2.55. The van der Waals surface area contributed by atoms with Crippen LogP contribution < -0.4 is 9.47 Å². The Balaban J connectivity index is 1.60. The van der Waals surface area contributed by atoms with Crippen molar-refractivity contribution in [2.24, 2.45) is 0 Å². The van der Waals surface area contributed by atoms with E-state index in [9.17, 15) is 10.2 Å². The molecule has 2 aromatic rings. The van der Waals surface area contributed by atoms with E-state index < -0.39 is 5.60 Å². The standard InChI is InChI=1S/C25H32N2O4/c1-5-26-6-8-27(9-7-26)14-25-19-13-21(29)16(3)11-23(19)30-24(25)17(4)18-12-20(28)15(2)10-22(18)31-25/h10-13,17,24,28-29H,5-9,14H2,1-4H3/t17-,24-,25-/m1/s1. The van der Waals surface area contributed by atoms with Gasteiger partial charge >= 0.3 is 0 Å². The van der Waals surface area contributed by atoms with Gasteiger partial charge in [-0.25, -0.2) is 0 Å². The smallest absolute Gasteiger partial charge is 0.187 e. The summed E-state index contributed by atoms with van der Waals surface area (Å²) >= 11 is 0. The van der Waals surface area contributed by atoms with E-state index in [1.807, 2.05) is 38.1 Å². The Morgan fingerprint density at radius 1 is 0.935 bits per heavy atom. The molecule has 0 unspecified atom stereocenters. The number of aromatic hydroxyl groups is 2. The number of phenols is 2. The maximum absolute atomic E-state index is 10.5. The number of hydrogen-bond acceptors (Lipinski definition) is 6. The maximum atomic E-state index is 10.5. The lowest BCUT2D eigenvalue weighted by molar-refractivity contribution is -0.0704. The van der Waals surface area contributed by atoms with E-state index in [2.05, 4.69) is 23.6 Å². The molecule has 0 aromatic heterocycles. The Morgan fingerprint density at radius 2 is 1.55 bits per heavy atom. The summed E-state index contributed by atoms with van der Waals surface area (Å²) in [7, 11) is 0. The van der Waals surface area contributed by atoms with Gasteiger partial charge < -0.3 is 24.6 Å². The van der Waals surface area contributed by atoms with E-state index in [4.69, 9.17) is 9.47 Å². The fourth-order valence-electron chi connectivity index (χ4n) is 5.40. The zero-order valence-corrected chi connectivity index (χ0v) is 18.8. The lowest BCUT2D eigenvalue weighted by Crippen LogP contribution is -2.58. The van der Waals surface area contributed by atoms with Gasteiger partial charge in [-0.2, -0.15) is 0 Å². The van der Waals surface area contributed by atoms with Crippen LogP contribution in [0.4, 0.5) is 0 Å². The van der Waals surface area contributed by atoms with Gasteiger partial charge in [0, 0.05) is 49.8 Å². The molecule has 3 aliphatic heterocycles. The molecule has 5 rings (SSSR count). The molecule has 3 atom stereocenters. The first kappa shape index (κ1) is 20.5. The third kappa shape index (κ3) is 3.15. The predicted octanol–water partition coefficient (Wildman–Crippen LogP) is 3.50. The van der Waals surface area contributed by atoms with Crippen LogP contribution in [0.15, 0.2) is 24.3 Å². The van der Waals surface area contributed by atoms with Crippen LogP contribution in [0.3, 0.4) is 0 Å². The number of rotatable bonds is 3. The average molecular weight is 425 g/mol. The minimum absolute atomic E-state index is 0.0297. The van der Waals surface area contributed by atoms with Crippen molar-refractivity contribution in [2.75, 3.05) is 39.3 Å². The molecule has 0 spiro atoms. The Morgan fingerprint density at radius 3 is 2.23 bits per heavy atom. The predicted molar refractivity (Wildman–Crippen MR) is 119 cm³/mol. The van der Waals surface area contributed by atoms with Crippen molar-refractivity contribution in [1.82, 2.24) is 9.80 Å². The number of likely N-dealkylation sites (N-methyl/N-ethyl adjacent to an activating group) is 1. The van der Waals surface area contributed by atoms with Crippen LogP contribution in [0.2, 0.25) is 0 Å². The first-order valence-corrected chi connectivity index (χ1v) is 11.3. The number of hydrogen-bond donors (Lipinski definition) is 2. The van der Waals surface area contributed by atoms with E-state index in [0.29, 0.717) is 6.54 Å². The summed E-state index contributed by atoms with van der Waals surface area (Å²) in [5.41, 5.74) is 2.77. The third-order valence-electron chi connectivity index (χ3n) is 7.40. The Hall–Kier alpha value is -2.44. The van der Waals surface area contributed by atoms with Gasteiger partial charge in [0.1, 0.15) is 23.0 Å². The van der Waals surface area contributed by atoms with Crippen molar-refractivity contribution < 1.29 is 19.7 Å². The second kappa shape index (κ2) is 7.31. The molecule has 2 N–H and O–H groups in total. The summed E-state index contributed by atoms with van der Waals surface area (Å²) in [6.07, 6.45) is -0.234. The van der Waals surface area contributed by atoms with Crippen LogP contribution in [0.5, 0.6) is 23.0 Å². The Kier molecular flexibility index (Phi) is 4.83. The molecule has 0 radical (unpaired) electrons. The summed E-state index contributed by atoms with van der Waals surface area (Å²) < 4.78 is 13.3. The maximum Gasteiger partial charge on any atom is 0.187 e.